The fourth-order valence-electron chi connectivity index (χ4n) is 2.59. The molecule has 6 nitrogen and oxygen atoms in total. The van der Waals surface area contributed by atoms with Crippen LogP contribution >= 0.6 is 0 Å². The van der Waals surface area contributed by atoms with Crippen molar-refractivity contribution in [2.45, 2.75) is 17.1 Å². The SMILES string of the molecule is CNS(=O)(=O)c1ccc(/C=C/C(=O)NC(COC)c2cccc(C(F)(F)F)c2)cc1. The van der Waals surface area contributed by atoms with Crippen molar-refractivity contribution in [1.29, 1.82) is 0 Å². The predicted octanol–water partition coefficient (Wildman–Crippen LogP) is 3.13. The molecule has 2 aromatic carbocycles. The molecule has 162 valence electrons. The summed E-state index contributed by atoms with van der Waals surface area (Å²) < 4.78 is 69.5. The molecule has 0 bridgehead atoms. The normalized spacial score (nSPS) is 13.4. The molecule has 0 saturated heterocycles. The third-order valence-electron chi connectivity index (χ3n) is 4.15. The van der Waals surface area contributed by atoms with Gasteiger partial charge in [-0.05, 0) is 48.5 Å². The average molecular weight is 442 g/mol. The van der Waals surface area contributed by atoms with Crippen LogP contribution in [0.2, 0.25) is 0 Å². The number of carbonyl (C=O) groups is 1. The Hall–Kier alpha value is -2.69. The van der Waals surface area contributed by atoms with Gasteiger partial charge in [-0.25, -0.2) is 13.1 Å². The number of hydrogen-bond donors (Lipinski definition) is 2. The summed E-state index contributed by atoms with van der Waals surface area (Å²) >= 11 is 0. The molecule has 2 N–H and O–H groups in total. The minimum absolute atomic E-state index is 0.0164. The van der Waals surface area contributed by atoms with Crippen molar-refractivity contribution in [1.82, 2.24) is 10.0 Å². The van der Waals surface area contributed by atoms with Gasteiger partial charge in [0.15, 0.2) is 0 Å². The van der Waals surface area contributed by atoms with Crippen LogP contribution in [-0.2, 0) is 25.7 Å². The Labute approximate surface area is 172 Å². The zero-order valence-electron chi connectivity index (χ0n) is 16.2. The molecule has 0 radical (unpaired) electrons. The molecule has 0 aliphatic rings. The molecule has 1 unspecified atom stereocenters. The van der Waals surface area contributed by atoms with Crippen molar-refractivity contribution in [3.05, 3.63) is 71.3 Å². The van der Waals surface area contributed by atoms with Crippen LogP contribution in [0.15, 0.2) is 59.5 Å². The van der Waals surface area contributed by atoms with E-state index in [1.54, 1.807) is 0 Å². The van der Waals surface area contributed by atoms with Crippen LogP contribution in [0.5, 0.6) is 0 Å². The van der Waals surface area contributed by atoms with Gasteiger partial charge >= 0.3 is 6.18 Å². The van der Waals surface area contributed by atoms with Crippen LogP contribution in [0.1, 0.15) is 22.7 Å². The quantitative estimate of drug-likeness (QED) is 0.616. The van der Waals surface area contributed by atoms with Crippen molar-refractivity contribution in [3.63, 3.8) is 0 Å². The van der Waals surface area contributed by atoms with Gasteiger partial charge in [0.1, 0.15) is 0 Å². The number of halogens is 3. The number of alkyl halides is 3. The Morgan fingerprint density at radius 3 is 2.40 bits per heavy atom. The van der Waals surface area contributed by atoms with Gasteiger partial charge in [0.05, 0.1) is 23.1 Å². The van der Waals surface area contributed by atoms with Gasteiger partial charge in [0.25, 0.3) is 0 Å². The van der Waals surface area contributed by atoms with Crippen molar-refractivity contribution < 1.29 is 31.1 Å². The monoisotopic (exact) mass is 442 g/mol. The maximum Gasteiger partial charge on any atom is 0.416 e. The number of hydrogen-bond acceptors (Lipinski definition) is 4. The highest BCUT2D eigenvalue weighted by Gasteiger charge is 2.31. The van der Waals surface area contributed by atoms with E-state index in [0.717, 1.165) is 12.1 Å². The van der Waals surface area contributed by atoms with Gasteiger partial charge in [0.2, 0.25) is 15.9 Å². The lowest BCUT2D eigenvalue weighted by atomic mass is 10.0. The second-order valence-corrected chi connectivity index (χ2v) is 8.14. The topological polar surface area (TPSA) is 84.5 Å². The van der Waals surface area contributed by atoms with Crippen LogP contribution in [0.25, 0.3) is 6.08 Å². The first-order valence-electron chi connectivity index (χ1n) is 8.75. The summed E-state index contributed by atoms with van der Waals surface area (Å²) in [7, 11) is -0.882. The number of benzene rings is 2. The summed E-state index contributed by atoms with van der Waals surface area (Å²) in [5.41, 5.74) is 0.0140. The summed E-state index contributed by atoms with van der Waals surface area (Å²) in [6.45, 7) is -0.0164. The van der Waals surface area contributed by atoms with Crippen molar-refractivity contribution in [2.75, 3.05) is 20.8 Å². The Morgan fingerprint density at radius 1 is 1.17 bits per heavy atom. The van der Waals surface area contributed by atoms with E-state index in [9.17, 15) is 26.4 Å². The molecular formula is C20H21F3N2O4S. The second-order valence-electron chi connectivity index (χ2n) is 6.25. The Morgan fingerprint density at radius 2 is 1.83 bits per heavy atom. The van der Waals surface area contributed by atoms with Gasteiger partial charge in [-0.3, -0.25) is 4.79 Å². The van der Waals surface area contributed by atoms with Gasteiger partial charge in [-0.1, -0.05) is 24.3 Å². The number of rotatable bonds is 8. The van der Waals surface area contributed by atoms with E-state index in [1.807, 2.05) is 0 Å². The molecule has 30 heavy (non-hydrogen) atoms. The van der Waals surface area contributed by atoms with E-state index in [-0.39, 0.29) is 17.1 Å². The fraction of sp³-hybridized carbons (Fsp3) is 0.250. The minimum Gasteiger partial charge on any atom is -0.382 e. The molecule has 2 rings (SSSR count). The van der Waals surface area contributed by atoms with Gasteiger partial charge in [0, 0.05) is 13.2 Å². The maximum atomic E-state index is 12.9. The average Bonchev–Trinajstić information content (AvgIpc) is 2.71. The van der Waals surface area contributed by atoms with Crippen LogP contribution < -0.4 is 10.0 Å². The highest BCUT2D eigenvalue weighted by Crippen LogP contribution is 2.30. The first kappa shape index (κ1) is 23.6. The standard InChI is InChI=1S/C20H21F3N2O4S/c1-24-30(27,28)17-9-6-14(7-10-17)8-11-19(26)25-18(13-29-2)15-4-3-5-16(12-15)20(21,22)23/h3-12,18,24H,13H2,1-2H3,(H,25,26)/b11-8+. The van der Waals surface area contributed by atoms with Gasteiger partial charge in [-0.15, -0.1) is 0 Å². The summed E-state index contributed by atoms with van der Waals surface area (Å²) in [5, 5.41) is 2.60. The summed E-state index contributed by atoms with van der Waals surface area (Å²) in [4.78, 5) is 12.3. The molecule has 0 heterocycles. The number of sulfonamides is 1. The molecule has 0 saturated carbocycles. The van der Waals surface area contributed by atoms with E-state index < -0.39 is 33.7 Å². The first-order chi connectivity index (χ1) is 14.1. The smallest absolute Gasteiger partial charge is 0.382 e. The second kappa shape index (κ2) is 9.88. The molecule has 0 aromatic heterocycles. The van der Waals surface area contributed by atoms with E-state index in [2.05, 4.69) is 10.0 Å². The third kappa shape index (κ3) is 6.41. The van der Waals surface area contributed by atoms with Crippen LogP contribution in [0.3, 0.4) is 0 Å². The maximum absolute atomic E-state index is 12.9. The summed E-state index contributed by atoms with van der Waals surface area (Å²) in [5.74, 6) is -0.540. The molecule has 0 spiro atoms. The van der Waals surface area contributed by atoms with Gasteiger partial charge in [-0.2, -0.15) is 13.2 Å². The van der Waals surface area contributed by atoms with E-state index in [4.69, 9.17) is 4.74 Å². The first-order valence-corrected chi connectivity index (χ1v) is 10.2. The van der Waals surface area contributed by atoms with Gasteiger partial charge < -0.3 is 10.1 Å². The largest absolute Gasteiger partial charge is 0.416 e. The van der Waals surface area contributed by atoms with Crippen LogP contribution in [-0.4, -0.2) is 35.1 Å². The van der Waals surface area contributed by atoms with Crippen LogP contribution in [0, 0.1) is 0 Å². The number of carbonyl (C=O) groups excluding carboxylic acids is 1. The molecule has 1 atom stereocenters. The molecule has 0 aliphatic heterocycles. The van der Waals surface area contributed by atoms with Crippen LogP contribution in [0.4, 0.5) is 13.2 Å². The Balaban J connectivity index is 2.12. The molecule has 10 heteroatoms. The van der Waals surface area contributed by atoms with Crippen molar-refractivity contribution >= 4 is 22.0 Å². The lowest BCUT2D eigenvalue weighted by molar-refractivity contribution is -0.137. The number of methoxy groups -OCH3 is 1. The zero-order chi connectivity index (χ0) is 22.4. The highest BCUT2D eigenvalue weighted by molar-refractivity contribution is 7.89. The zero-order valence-corrected chi connectivity index (χ0v) is 17.0. The molecule has 1 amide bonds. The lowest BCUT2D eigenvalue weighted by Gasteiger charge is -2.19. The van der Waals surface area contributed by atoms with E-state index >= 15 is 0 Å². The number of amides is 1. The molecule has 0 fully saturated rings. The predicted molar refractivity (Wildman–Crippen MR) is 106 cm³/mol. The van der Waals surface area contributed by atoms with E-state index in [1.165, 1.54) is 62.7 Å². The van der Waals surface area contributed by atoms with Crippen molar-refractivity contribution in [2.24, 2.45) is 0 Å². The summed E-state index contributed by atoms with van der Waals surface area (Å²) in [6, 6.07) is 9.70. The molecular weight excluding hydrogens is 421 g/mol. The highest BCUT2D eigenvalue weighted by atomic mass is 32.2. The van der Waals surface area contributed by atoms with Crippen molar-refractivity contribution in [3.8, 4) is 0 Å². The lowest BCUT2D eigenvalue weighted by Crippen LogP contribution is -2.30. The Kier molecular flexibility index (Phi) is 7.77. The Bertz CT molecular complexity index is 1000. The summed E-state index contributed by atoms with van der Waals surface area (Å²) in [6.07, 6.45) is -1.83. The number of nitrogens with one attached hydrogen (secondary N) is 2. The number of ether oxygens (including phenoxy) is 1. The molecule has 2 aromatic rings. The molecule has 0 aliphatic carbocycles. The third-order valence-corrected chi connectivity index (χ3v) is 5.58. The fourth-order valence-corrected chi connectivity index (χ4v) is 3.32. The minimum atomic E-state index is -4.50. The van der Waals surface area contributed by atoms with E-state index in [0.29, 0.717) is 5.56 Å².